The number of likely N-dealkylation sites (tertiary alicyclic amines) is 1. The highest BCUT2D eigenvalue weighted by atomic mass is 16.5. The summed E-state index contributed by atoms with van der Waals surface area (Å²) in [5, 5.41) is 9.14. The fourth-order valence-electron chi connectivity index (χ4n) is 3.40. The van der Waals surface area contributed by atoms with Crippen LogP contribution in [0.3, 0.4) is 0 Å². The van der Waals surface area contributed by atoms with Crippen molar-refractivity contribution in [2.45, 2.75) is 59.0 Å². The van der Waals surface area contributed by atoms with E-state index in [-0.39, 0.29) is 23.1 Å². The highest BCUT2D eigenvalue weighted by Gasteiger charge is 2.24. The van der Waals surface area contributed by atoms with Crippen LogP contribution in [0.5, 0.6) is 0 Å². The Morgan fingerprint density at radius 1 is 1.44 bits per heavy atom. The molecule has 1 fully saturated rings. The first-order valence-corrected chi connectivity index (χ1v) is 8.99. The monoisotopic (exact) mass is 345 g/mol. The van der Waals surface area contributed by atoms with E-state index in [2.05, 4.69) is 11.9 Å². The number of aryl methyl sites for hydroxylation is 1. The normalized spacial score (nSPS) is 17.4. The molecule has 1 saturated heterocycles. The van der Waals surface area contributed by atoms with Gasteiger partial charge >= 0.3 is 0 Å². The Labute approximate surface area is 148 Å². The lowest BCUT2D eigenvalue weighted by atomic mass is 9.98. The van der Waals surface area contributed by atoms with E-state index in [1.807, 2.05) is 17.9 Å². The summed E-state index contributed by atoms with van der Waals surface area (Å²) in [6.45, 7) is 7.83. The molecule has 6 nitrogen and oxygen atoms in total. The van der Waals surface area contributed by atoms with Crippen molar-refractivity contribution in [3.05, 3.63) is 32.7 Å². The van der Waals surface area contributed by atoms with E-state index in [1.165, 1.54) is 0 Å². The number of carbonyl (C=O) groups excluding carboxylic acids is 1. The van der Waals surface area contributed by atoms with Crippen LogP contribution in [0.1, 0.15) is 55.0 Å². The van der Waals surface area contributed by atoms with E-state index >= 15 is 0 Å². The average Bonchev–Trinajstić information content (AvgIpc) is 2.60. The second-order valence-corrected chi connectivity index (χ2v) is 6.64. The van der Waals surface area contributed by atoms with E-state index in [0.29, 0.717) is 24.9 Å². The molecular weight excluding hydrogens is 318 g/mol. The number of carbonyl (C=O) groups is 1. The van der Waals surface area contributed by atoms with E-state index in [9.17, 15) is 9.59 Å². The van der Waals surface area contributed by atoms with Crippen LogP contribution in [0.15, 0.2) is 4.79 Å². The number of aromatic amines is 1. The molecule has 2 rings (SSSR count). The maximum Gasteiger partial charge on any atom is 0.266 e. The van der Waals surface area contributed by atoms with Crippen LogP contribution < -0.4 is 5.56 Å². The summed E-state index contributed by atoms with van der Waals surface area (Å²) in [7, 11) is 0. The molecule has 1 N–H and O–H groups in total. The number of hydrogen-bond donors (Lipinski definition) is 1. The van der Waals surface area contributed by atoms with Crippen molar-refractivity contribution in [1.82, 2.24) is 9.88 Å². The minimum atomic E-state index is -0.362. The maximum atomic E-state index is 12.6. The maximum absolute atomic E-state index is 12.6. The van der Waals surface area contributed by atoms with Gasteiger partial charge in [0.05, 0.1) is 6.10 Å². The van der Waals surface area contributed by atoms with Gasteiger partial charge in [0.2, 0.25) is 5.91 Å². The van der Waals surface area contributed by atoms with Crippen molar-refractivity contribution in [2.24, 2.45) is 0 Å². The number of nitriles is 1. The zero-order valence-electron chi connectivity index (χ0n) is 15.4. The van der Waals surface area contributed by atoms with Crippen molar-refractivity contribution in [3.8, 4) is 6.07 Å². The number of nitrogens with one attached hydrogen (secondary N) is 1. The SMILES string of the molecule is CCCOC1CCCN(C(=O)CCc2c(C)[nH]c(=O)c(C#N)c2C)C1. The summed E-state index contributed by atoms with van der Waals surface area (Å²) >= 11 is 0. The summed E-state index contributed by atoms with van der Waals surface area (Å²) in [4.78, 5) is 28.9. The molecule has 1 unspecified atom stereocenters. The van der Waals surface area contributed by atoms with Crippen LogP contribution >= 0.6 is 0 Å². The zero-order valence-corrected chi connectivity index (χ0v) is 15.4. The number of rotatable bonds is 6. The van der Waals surface area contributed by atoms with Crippen molar-refractivity contribution in [3.63, 3.8) is 0 Å². The third-order valence-electron chi connectivity index (χ3n) is 4.80. The molecule has 1 aromatic heterocycles. The van der Waals surface area contributed by atoms with Gasteiger partial charge in [0.25, 0.3) is 5.56 Å². The number of piperidine rings is 1. The van der Waals surface area contributed by atoms with Crippen LogP contribution in [-0.2, 0) is 16.0 Å². The third-order valence-corrected chi connectivity index (χ3v) is 4.80. The second-order valence-electron chi connectivity index (χ2n) is 6.64. The lowest BCUT2D eigenvalue weighted by molar-refractivity contribution is -0.135. The van der Waals surface area contributed by atoms with E-state index in [4.69, 9.17) is 10.00 Å². The zero-order chi connectivity index (χ0) is 18.4. The molecule has 2 heterocycles. The molecule has 1 amide bonds. The highest BCUT2D eigenvalue weighted by Crippen LogP contribution is 2.18. The molecule has 0 saturated carbocycles. The summed E-state index contributed by atoms with van der Waals surface area (Å²) < 4.78 is 5.79. The molecule has 1 aliphatic rings. The standard InChI is InChI=1S/C19H27N3O3/c1-4-10-25-15-6-5-9-22(12-15)18(23)8-7-16-13(2)17(11-20)19(24)21-14(16)3/h15H,4-10,12H2,1-3H3,(H,21,24). The first-order chi connectivity index (χ1) is 12.0. The average molecular weight is 345 g/mol. The first kappa shape index (κ1) is 19.2. The van der Waals surface area contributed by atoms with Gasteiger partial charge in [0.15, 0.2) is 0 Å². The van der Waals surface area contributed by atoms with E-state index < -0.39 is 0 Å². The summed E-state index contributed by atoms with van der Waals surface area (Å²) in [5.41, 5.74) is 2.08. The lowest BCUT2D eigenvalue weighted by Crippen LogP contribution is -2.43. The molecule has 0 radical (unpaired) electrons. The van der Waals surface area contributed by atoms with Gasteiger partial charge in [0, 0.05) is 31.8 Å². The number of amides is 1. The summed E-state index contributed by atoms with van der Waals surface area (Å²) in [6.07, 6.45) is 4.00. The minimum absolute atomic E-state index is 0.105. The van der Waals surface area contributed by atoms with Crippen molar-refractivity contribution in [2.75, 3.05) is 19.7 Å². The van der Waals surface area contributed by atoms with Gasteiger partial charge in [0.1, 0.15) is 11.6 Å². The molecule has 0 aromatic carbocycles. The Bertz CT molecular complexity index is 718. The second kappa shape index (κ2) is 8.82. The van der Waals surface area contributed by atoms with Crippen LogP contribution in [0.25, 0.3) is 0 Å². The number of aromatic nitrogens is 1. The Morgan fingerprint density at radius 2 is 2.20 bits per heavy atom. The van der Waals surface area contributed by atoms with Crippen LogP contribution in [0.4, 0.5) is 0 Å². The Balaban J connectivity index is 2.01. The smallest absolute Gasteiger partial charge is 0.266 e. The van der Waals surface area contributed by atoms with Gasteiger partial charge in [-0.15, -0.1) is 0 Å². The minimum Gasteiger partial charge on any atom is -0.376 e. The molecular formula is C19H27N3O3. The Hall–Kier alpha value is -2.13. The molecule has 1 atom stereocenters. The predicted molar refractivity (Wildman–Crippen MR) is 95.4 cm³/mol. The third kappa shape index (κ3) is 4.70. The Kier molecular flexibility index (Phi) is 6.77. The molecule has 25 heavy (non-hydrogen) atoms. The van der Waals surface area contributed by atoms with Crippen molar-refractivity contribution < 1.29 is 9.53 Å². The van der Waals surface area contributed by atoms with Crippen LogP contribution in [0.2, 0.25) is 0 Å². The fraction of sp³-hybridized carbons (Fsp3) is 0.632. The van der Waals surface area contributed by atoms with E-state index in [1.54, 1.807) is 6.92 Å². The Morgan fingerprint density at radius 3 is 2.88 bits per heavy atom. The van der Waals surface area contributed by atoms with Gasteiger partial charge in [-0.2, -0.15) is 5.26 Å². The molecule has 0 spiro atoms. The number of ether oxygens (including phenoxy) is 1. The predicted octanol–water partition coefficient (Wildman–Crippen LogP) is 2.21. The molecule has 0 bridgehead atoms. The van der Waals surface area contributed by atoms with Gasteiger partial charge in [-0.1, -0.05) is 6.92 Å². The molecule has 1 aliphatic heterocycles. The first-order valence-electron chi connectivity index (χ1n) is 8.99. The topological polar surface area (TPSA) is 86.2 Å². The molecule has 136 valence electrons. The van der Waals surface area contributed by atoms with E-state index in [0.717, 1.165) is 43.7 Å². The van der Waals surface area contributed by atoms with Crippen molar-refractivity contribution in [1.29, 1.82) is 5.26 Å². The number of H-pyrrole nitrogens is 1. The van der Waals surface area contributed by atoms with Gasteiger partial charge < -0.3 is 14.6 Å². The fourth-order valence-corrected chi connectivity index (χ4v) is 3.40. The van der Waals surface area contributed by atoms with Gasteiger partial charge in [-0.05, 0) is 50.7 Å². The van der Waals surface area contributed by atoms with Crippen molar-refractivity contribution >= 4 is 5.91 Å². The summed E-state index contributed by atoms with van der Waals surface area (Å²) in [6, 6.07) is 1.95. The number of hydrogen-bond acceptors (Lipinski definition) is 4. The quantitative estimate of drug-likeness (QED) is 0.856. The highest BCUT2D eigenvalue weighted by molar-refractivity contribution is 5.76. The molecule has 0 aliphatic carbocycles. The number of nitrogens with zero attached hydrogens (tertiary/aromatic N) is 2. The molecule has 1 aromatic rings. The van der Waals surface area contributed by atoms with Crippen LogP contribution in [0, 0.1) is 25.2 Å². The number of pyridine rings is 1. The molecule has 6 heteroatoms. The lowest BCUT2D eigenvalue weighted by Gasteiger charge is -2.32. The largest absolute Gasteiger partial charge is 0.376 e. The van der Waals surface area contributed by atoms with Gasteiger partial charge in [-0.3, -0.25) is 9.59 Å². The van der Waals surface area contributed by atoms with Crippen LogP contribution in [-0.4, -0.2) is 41.6 Å². The summed E-state index contributed by atoms with van der Waals surface area (Å²) in [5.74, 6) is 0.105. The van der Waals surface area contributed by atoms with Gasteiger partial charge in [-0.25, -0.2) is 0 Å².